The summed E-state index contributed by atoms with van der Waals surface area (Å²) < 4.78 is 42.4. The van der Waals surface area contributed by atoms with Gasteiger partial charge in [-0.2, -0.15) is 0 Å². The lowest BCUT2D eigenvalue weighted by atomic mass is 9.64. The number of rotatable bonds is 3. The van der Waals surface area contributed by atoms with Gasteiger partial charge in [0.2, 0.25) is 0 Å². The summed E-state index contributed by atoms with van der Waals surface area (Å²) in [5.41, 5.74) is 3.81. The Balaban J connectivity index is 1.12. The summed E-state index contributed by atoms with van der Waals surface area (Å²) in [4.78, 5) is 18.7. The summed E-state index contributed by atoms with van der Waals surface area (Å²) in [6.45, 7) is 9.51. The first-order valence-electron chi connectivity index (χ1n) is 19.5. The Kier molecular flexibility index (Phi) is 10.4. The Hall–Kier alpha value is -2.34. The van der Waals surface area contributed by atoms with Crippen molar-refractivity contribution in [2.45, 2.75) is 94.3 Å². The van der Waals surface area contributed by atoms with E-state index >= 15 is 0 Å². The minimum atomic E-state index is -2.91. The van der Waals surface area contributed by atoms with Crippen molar-refractivity contribution in [1.29, 1.82) is 0 Å². The van der Waals surface area contributed by atoms with E-state index in [2.05, 4.69) is 39.4 Å². The minimum absolute atomic E-state index is 0.120. The first-order valence-corrected chi connectivity index (χ1v) is 21.7. The van der Waals surface area contributed by atoms with Crippen LogP contribution in [-0.2, 0) is 35.8 Å². The summed E-state index contributed by atoms with van der Waals surface area (Å²) >= 11 is 6.51. The largest absolute Gasteiger partial charge is 0.490 e. The van der Waals surface area contributed by atoms with E-state index in [1.807, 2.05) is 25.1 Å². The van der Waals surface area contributed by atoms with Crippen LogP contribution in [0.2, 0.25) is 5.02 Å². The highest BCUT2D eigenvalue weighted by Gasteiger charge is 2.47. The molecule has 2 aliphatic carbocycles. The van der Waals surface area contributed by atoms with E-state index in [0.717, 1.165) is 94.0 Å². The molecule has 0 radical (unpaired) electrons. The van der Waals surface area contributed by atoms with Gasteiger partial charge in [0.1, 0.15) is 5.75 Å². The van der Waals surface area contributed by atoms with Crippen LogP contribution in [-0.4, -0.2) is 97.7 Å². The second-order valence-corrected chi connectivity index (χ2v) is 19.6. The lowest BCUT2D eigenvalue weighted by Gasteiger charge is -2.50. The number of hydrogen-bond donors (Lipinski definition) is 1. The molecule has 8 rings (SSSR count). The number of methoxy groups -OCH3 is 1. The van der Waals surface area contributed by atoms with E-state index in [4.69, 9.17) is 30.5 Å². The van der Waals surface area contributed by atoms with Crippen LogP contribution in [0.5, 0.6) is 5.75 Å². The molecule has 0 aromatic heterocycles. The number of benzene rings is 2. The highest BCUT2D eigenvalue weighted by Crippen LogP contribution is 2.49. The number of fused-ring (bicyclic) bond motifs is 4. The van der Waals surface area contributed by atoms with Gasteiger partial charge in [-0.3, -0.25) is 14.4 Å². The molecule has 7 atom stereocenters. The molecular formula is C41H56ClN3O6S. The van der Waals surface area contributed by atoms with Gasteiger partial charge in [-0.15, -0.1) is 0 Å². The van der Waals surface area contributed by atoms with Gasteiger partial charge in [-0.25, -0.2) is 4.21 Å². The van der Waals surface area contributed by atoms with Crippen molar-refractivity contribution in [3.63, 3.8) is 0 Å². The van der Waals surface area contributed by atoms with Gasteiger partial charge in [0.25, 0.3) is 5.91 Å². The molecule has 3 fully saturated rings. The van der Waals surface area contributed by atoms with Crippen molar-refractivity contribution in [3.05, 3.63) is 58.1 Å². The van der Waals surface area contributed by atoms with Gasteiger partial charge < -0.3 is 23.8 Å². The number of nitrogens with zero attached hydrogens (tertiary/aromatic N) is 2. The molecule has 1 spiro atoms. The van der Waals surface area contributed by atoms with E-state index in [1.54, 1.807) is 13.2 Å². The number of carbonyl (C=O) groups is 1. The molecule has 2 aromatic carbocycles. The monoisotopic (exact) mass is 753 g/mol. The zero-order chi connectivity index (χ0) is 36.2. The van der Waals surface area contributed by atoms with Crippen molar-refractivity contribution in [3.8, 4) is 5.75 Å². The van der Waals surface area contributed by atoms with Crippen molar-refractivity contribution < 1.29 is 28.0 Å². The van der Waals surface area contributed by atoms with Crippen molar-refractivity contribution in [2.24, 2.45) is 23.7 Å². The number of carbonyl (C=O) groups excluding carboxylic acids is 1. The van der Waals surface area contributed by atoms with Gasteiger partial charge in [0, 0.05) is 60.5 Å². The summed E-state index contributed by atoms with van der Waals surface area (Å²) in [7, 11) is -1.13. The van der Waals surface area contributed by atoms with Gasteiger partial charge in [0.15, 0.2) is 6.29 Å². The standard InChI is InChI=1S/C41H56ClN3O6S/c1-26-7-5-9-35(40-49-22-32(23-50-40)44-20-33(21-44)48-3)34-13-10-30(34)19-45-24-41(16-6-8-28-17-31(42)12-14-36(28)41)25-51-38-15-11-29(18-37(38)45)39(46)43-52(4,47)27(26)2/h11-12,14-15,17-18,26-27,30,32-35,40H,4-10,13,16,19-25H2,1-3H3,(H,43,46,47)/t26-,27+,30-,32?,34+,35-,40?,41-,52?/m0/s1. The Morgan fingerprint density at radius 2 is 1.81 bits per heavy atom. The second kappa shape index (κ2) is 14.7. The number of likely N-dealkylation sites (tertiary alicyclic amines) is 1. The first-order chi connectivity index (χ1) is 25.0. The predicted molar refractivity (Wildman–Crippen MR) is 207 cm³/mol. The van der Waals surface area contributed by atoms with Crippen LogP contribution in [0.1, 0.15) is 80.3 Å². The molecule has 284 valence electrons. The van der Waals surface area contributed by atoms with Crippen LogP contribution in [0.4, 0.5) is 5.69 Å². The maximum Gasteiger partial charge on any atom is 0.262 e. The fourth-order valence-corrected chi connectivity index (χ4v) is 11.7. The molecule has 52 heavy (non-hydrogen) atoms. The molecule has 2 saturated heterocycles. The number of amides is 1. The average Bonchev–Trinajstić information content (AvgIpc) is 3.25. The summed E-state index contributed by atoms with van der Waals surface area (Å²) in [5.74, 6) is 5.79. The second-order valence-electron chi connectivity index (χ2n) is 16.7. The number of anilines is 1. The summed E-state index contributed by atoms with van der Waals surface area (Å²) in [5, 5.41) is 0.487. The quantitative estimate of drug-likeness (QED) is 0.377. The Morgan fingerprint density at radius 3 is 2.56 bits per heavy atom. The third-order valence-corrected chi connectivity index (χ3v) is 16.1. The fourth-order valence-electron chi connectivity index (χ4n) is 9.95. The van der Waals surface area contributed by atoms with Gasteiger partial charge >= 0.3 is 0 Å². The summed E-state index contributed by atoms with van der Waals surface area (Å²) in [6, 6.07) is 12.3. The molecule has 9 nitrogen and oxygen atoms in total. The van der Waals surface area contributed by atoms with Crippen molar-refractivity contribution >= 4 is 38.8 Å². The highest BCUT2D eigenvalue weighted by molar-refractivity contribution is 7.99. The van der Waals surface area contributed by atoms with Crippen LogP contribution >= 0.6 is 11.6 Å². The first kappa shape index (κ1) is 36.6. The molecule has 6 aliphatic rings. The number of nitrogens with one attached hydrogen (secondary N) is 1. The van der Waals surface area contributed by atoms with Crippen molar-refractivity contribution in [1.82, 2.24) is 9.62 Å². The Morgan fingerprint density at radius 1 is 1.00 bits per heavy atom. The molecule has 1 unspecified atom stereocenters. The van der Waals surface area contributed by atoms with Crippen LogP contribution in [0.25, 0.3) is 0 Å². The molecule has 1 amide bonds. The zero-order valence-corrected chi connectivity index (χ0v) is 32.6. The van der Waals surface area contributed by atoms with Crippen LogP contribution < -0.4 is 14.4 Å². The Labute approximate surface area is 315 Å². The lowest BCUT2D eigenvalue weighted by molar-refractivity contribution is -0.251. The van der Waals surface area contributed by atoms with E-state index in [-0.39, 0.29) is 40.7 Å². The summed E-state index contributed by atoms with van der Waals surface area (Å²) in [6.07, 6.45) is 8.30. The zero-order valence-electron chi connectivity index (χ0n) is 31.0. The maximum absolute atomic E-state index is 14.0. The smallest absolute Gasteiger partial charge is 0.262 e. The molecule has 4 heterocycles. The van der Waals surface area contributed by atoms with Crippen LogP contribution in [0.3, 0.4) is 0 Å². The van der Waals surface area contributed by atoms with E-state index < -0.39 is 9.71 Å². The molecule has 4 aliphatic heterocycles. The third kappa shape index (κ3) is 7.01. The third-order valence-electron chi connectivity index (χ3n) is 13.6. The van der Waals surface area contributed by atoms with Crippen molar-refractivity contribution in [2.75, 3.05) is 58.0 Å². The molecule has 1 N–H and O–H groups in total. The fraction of sp³-hybridized carbons (Fsp3) is 0.659. The molecule has 2 aromatic rings. The molecule has 1 saturated carbocycles. The van der Waals surface area contributed by atoms with E-state index in [1.165, 1.54) is 11.1 Å². The number of hydrogen-bond acceptors (Lipinski definition) is 8. The normalized spacial score (nSPS) is 37.4. The topological polar surface area (TPSA) is 89.6 Å². The number of halogens is 1. The number of aryl methyl sites for hydroxylation is 1. The minimum Gasteiger partial charge on any atom is -0.490 e. The highest BCUT2D eigenvalue weighted by atomic mass is 35.5. The lowest BCUT2D eigenvalue weighted by Crippen LogP contribution is -2.61. The SMILES string of the molecule is C=S1(=O)NC(=O)c2ccc3c(c2)N(C[C@@H]2CC[C@H]2[C@@H](C2OCC(N4CC(OC)C4)CO2)CCC[C@H](C)[C@H]1C)C[C@@]1(CCCc2cc(Cl)ccc21)CO3. The van der Waals surface area contributed by atoms with Gasteiger partial charge in [0.05, 0.1) is 47.4 Å². The van der Waals surface area contributed by atoms with E-state index in [9.17, 15) is 9.00 Å². The average molecular weight is 754 g/mol. The predicted octanol–water partition coefficient (Wildman–Crippen LogP) is 6.10. The van der Waals surface area contributed by atoms with Gasteiger partial charge in [-0.05, 0) is 117 Å². The number of ether oxygens (including phenoxy) is 4. The van der Waals surface area contributed by atoms with Gasteiger partial charge in [-0.1, -0.05) is 31.0 Å². The molecule has 2 bridgehead atoms. The van der Waals surface area contributed by atoms with E-state index in [0.29, 0.717) is 43.3 Å². The van der Waals surface area contributed by atoms with Crippen LogP contribution in [0.15, 0.2) is 36.4 Å². The Bertz CT molecular complexity index is 1740. The maximum atomic E-state index is 14.0. The van der Waals surface area contributed by atoms with Crippen LogP contribution in [0, 0.1) is 23.7 Å². The molecular weight excluding hydrogens is 698 g/mol. The molecule has 11 heteroatoms.